The van der Waals surface area contributed by atoms with E-state index in [-0.39, 0.29) is 11.6 Å². The number of rotatable bonds is 1. The van der Waals surface area contributed by atoms with Gasteiger partial charge in [0.1, 0.15) is 0 Å². The zero-order chi connectivity index (χ0) is 10.1. The average molecular weight is 197 g/mol. The molecule has 0 aromatic carbocycles. The highest BCUT2D eigenvalue weighted by atomic mass is 16.5. The molecule has 0 amide bonds. The van der Waals surface area contributed by atoms with Gasteiger partial charge in [-0.2, -0.15) is 0 Å². The van der Waals surface area contributed by atoms with Gasteiger partial charge in [-0.25, -0.2) is 0 Å². The number of hydrogen-bond donors (Lipinski definition) is 2. The van der Waals surface area contributed by atoms with Gasteiger partial charge in [-0.15, -0.1) is 0 Å². The van der Waals surface area contributed by atoms with Gasteiger partial charge < -0.3 is 10.1 Å². The third kappa shape index (κ3) is 1.49. The molecule has 1 aromatic rings. The van der Waals surface area contributed by atoms with Crippen LogP contribution in [0.3, 0.4) is 0 Å². The summed E-state index contributed by atoms with van der Waals surface area (Å²) in [5.41, 5.74) is 1.75. The van der Waals surface area contributed by atoms with E-state index >= 15 is 0 Å². The Morgan fingerprint density at radius 2 is 2.36 bits per heavy atom. The number of aromatic amines is 1. The first-order chi connectivity index (χ1) is 6.70. The second-order valence-electron chi connectivity index (χ2n) is 3.60. The highest BCUT2D eigenvalue weighted by Crippen LogP contribution is 2.14. The van der Waals surface area contributed by atoms with Gasteiger partial charge in [-0.3, -0.25) is 14.6 Å². The summed E-state index contributed by atoms with van der Waals surface area (Å²) in [6.07, 6.45) is 0. The van der Waals surface area contributed by atoms with E-state index in [2.05, 4.69) is 10.4 Å². The molecule has 1 aromatic heterocycles. The third-order valence-electron chi connectivity index (χ3n) is 2.59. The predicted molar refractivity (Wildman–Crippen MR) is 52.3 cm³/mol. The fourth-order valence-corrected chi connectivity index (χ4v) is 1.77. The zero-order valence-electron chi connectivity index (χ0n) is 8.46. The second kappa shape index (κ2) is 3.59. The fraction of sp³-hybridized carbons (Fsp3) is 0.667. The smallest absolute Gasteiger partial charge is 0.269 e. The SMILES string of the molecule is Cc1c(C2COCCN2)[nH]n(C)c1=O. The molecule has 1 fully saturated rings. The van der Waals surface area contributed by atoms with Gasteiger partial charge in [-0.1, -0.05) is 0 Å². The summed E-state index contributed by atoms with van der Waals surface area (Å²) in [6, 6.07) is 0.123. The third-order valence-corrected chi connectivity index (χ3v) is 2.59. The molecule has 0 aliphatic carbocycles. The normalized spacial score (nSPS) is 22.6. The van der Waals surface area contributed by atoms with Crippen LogP contribution in [0.25, 0.3) is 0 Å². The lowest BCUT2D eigenvalue weighted by molar-refractivity contribution is 0.0752. The quantitative estimate of drug-likeness (QED) is 0.649. The molecule has 2 heterocycles. The summed E-state index contributed by atoms with van der Waals surface area (Å²) in [5.74, 6) is 0. The lowest BCUT2D eigenvalue weighted by Gasteiger charge is -2.23. The van der Waals surface area contributed by atoms with Crippen molar-refractivity contribution < 1.29 is 4.74 Å². The van der Waals surface area contributed by atoms with Crippen molar-refractivity contribution in [1.29, 1.82) is 0 Å². The topological polar surface area (TPSA) is 59.0 Å². The molecule has 5 heteroatoms. The van der Waals surface area contributed by atoms with Crippen LogP contribution in [0.5, 0.6) is 0 Å². The van der Waals surface area contributed by atoms with Crippen LogP contribution in [0, 0.1) is 6.92 Å². The van der Waals surface area contributed by atoms with Crippen LogP contribution in [0.1, 0.15) is 17.3 Å². The van der Waals surface area contributed by atoms with Gasteiger partial charge in [0.05, 0.1) is 24.9 Å². The monoisotopic (exact) mass is 197 g/mol. The lowest BCUT2D eigenvalue weighted by Crippen LogP contribution is -2.35. The van der Waals surface area contributed by atoms with E-state index in [0.29, 0.717) is 6.61 Å². The number of ether oxygens (including phenoxy) is 1. The predicted octanol–water partition coefficient (Wildman–Crippen LogP) is -0.317. The summed E-state index contributed by atoms with van der Waals surface area (Å²) < 4.78 is 6.85. The van der Waals surface area contributed by atoms with Crippen molar-refractivity contribution >= 4 is 0 Å². The Morgan fingerprint density at radius 1 is 1.57 bits per heavy atom. The van der Waals surface area contributed by atoms with E-state index in [0.717, 1.165) is 24.4 Å². The Kier molecular flexibility index (Phi) is 2.43. The standard InChI is InChI=1S/C9H15N3O2/c1-6-8(11-12(2)9(6)13)7-5-14-4-3-10-7/h7,10-11H,3-5H2,1-2H3. The van der Waals surface area contributed by atoms with E-state index in [1.807, 2.05) is 6.92 Å². The second-order valence-corrected chi connectivity index (χ2v) is 3.60. The van der Waals surface area contributed by atoms with Crippen LogP contribution >= 0.6 is 0 Å². The molecule has 1 unspecified atom stereocenters. The van der Waals surface area contributed by atoms with Crippen molar-refractivity contribution in [3.63, 3.8) is 0 Å². The first-order valence-electron chi connectivity index (χ1n) is 4.77. The minimum absolute atomic E-state index is 0.0346. The molecule has 1 aliphatic heterocycles. The van der Waals surface area contributed by atoms with E-state index in [9.17, 15) is 4.79 Å². The van der Waals surface area contributed by atoms with Crippen LogP contribution in [0.15, 0.2) is 4.79 Å². The highest BCUT2D eigenvalue weighted by molar-refractivity contribution is 5.19. The Balaban J connectivity index is 2.31. The molecule has 5 nitrogen and oxygen atoms in total. The number of hydrogen-bond acceptors (Lipinski definition) is 3. The zero-order valence-corrected chi connectivity index (χ0v) is 8.46. The number of morpholine rings is 1. The summed E-state index contributed by atoms with van der Waals surface area (Å²) in [7, 11) is 1.72. The van der Waals surface area contributed by atoms with Crippen LogP contribution in [0.2, 0.25) is 0 Å². The van der Waals surface area contributed by atoms with E-state index in [1.54, 1.807) is 7.05 Å². The molecule has 2 N–H and O–H groups in total. The minimum atomic E-state index is 0.0346. The lowest BCUT2D eigenvalue weighted by atomic mass is 10.1. The summed E-state index contributed by atoms with van der Waals surface area (Å²) >= 11 is 0. The first-order valence-corrected chi connectivity index (χ1v) is 4.77. The number of nitrogens with zero attached hydrogens (tertiary/aromatic N) is 1. The Bertz CT molecular complexity index is 374. The molecule has 1 atom stereocenters. The van der Waals surface area contributed by atoms with Crippen LogP contribution < -0.4 is 10.9 Å². The van der Waals surface area contributed by atoms with Crippen LogP contribution in [0.4, 0.5) is 0 Å². The molecule has 2 rings (SSSR count). The Hall–Kier alpha value is -1.07. The summed E-state index contributed by atoms with van der Waals surface area (Å²) in [5, 5.41) is 6.35. The number of nitrogens with one attached hydrogen (secondary N) is 2. The van der Waals surface area contributed by atoms with Crippen molar-refractivity contribution in [2.75, 3.05) is 19.8 Å². The molecule has 1 saturated heterocycles. The van der Waals surface area contributed by atoms with Gasteiger partial charge >= 0.3 is 0 Å². The molecule has 0 saturated carbocycles. The van der Waals surface area contributed by atoms with Gasteiger partial charge in [-0.05, 0) is 6.92 Å². The number of aromatic nitrogens is 2. The largest absolute Gasteiger partial charge is 0.378 e. The molecular formula is C9H15N3O2. The first kappa shape index (κ1) is 9.48. The van der Waals surface area contributed by atoms with E-state index < -0.39 is 0 Å². The molecule has 14 heavy (non-hydrogen) atoms. The van der Waals surface area contributed by atoms with Crippen molar-refractivity contribution in [1.82, 2.24) is 15.1 Å². The van der Waals surface area contributed by atoms with E-state index in [1.165, 1.54) is 4.68 Å². The molecule has 0 bridgehead atoms. The number of H-pyrrole nitrogens is 1. The van der Waals surface area contributed by atoms with Crippen LogP contribution in [-0.4, -0.2) is 29.5 Å². The Labute approximate surface area is 82.0 Å². The summed E-state index contributed by atoms with van der Waals surface area (Å²) in [6.45, 7) is 4.04. The average Bonchev–Trinajstić information content (AvgIpc) is 2.47. The Morgan fingerprint density at radius 3 is 2.86 bits per heavy atom. The van der Waals surface area contributed by atoms with Crippen LogP contribution in [-0.2, 0) is 11.8 Å². The summed E-state index contributed by atoms with van der Waals surface area (Å²) in [4.78, 5) is 11.5. The molecular weight excluding hydrogens is 182 g/mol. The maximum Gasteiger partial charge on any atom is 0.269 e. The molecule has 0 radical (unpaired) electrons. The van der Waals surface area contributed by atoms with Gasteiger partial charge in [0, 0.05) is 19.2 Å². The maximum atomic E-state index is 11.5. The highest BCUT2D eigenvalue weighted by Gasteiger charge is 2.20. The van der Waals surface area contributed by atoms with Crippen molar-refractivity contribution in [2.24, 2.45) is 7.05 Å². The van der Waals surface area contributed by atoms with Gasteiger partial charge in [0.2, 0.25) is 0 Å². The van der Waals surface area contributed by atoms with Crippen molar-refractivity contribution in [3.05, 3.63) is 21.6 Å². The molecule has 0 spiro atoms. The maximum absolute atomic E-state index is 11.5. The van der Waals surface area contributed by atoms with Gasteiger partial charge in [0.25, 0.3) is 5.56 Å². The fourth-order valence-electron chi connectivity index (χ4n) is 1.77. The van der Waals surface area contributed by atoms with Gasteiger partial charge in [0.15, 0.2) is 0 Å². The number of aryl methyl sites for hydroxylation is 1. The van der Waals surface area contributed by atoms with E-state index in [4.69, 9.17) is 4.74 Å². The minimum Gasteiger partial charge on any atom is -0.378 e. The van der Waals surface area contributed by atoms with Crippen molar-refractivity contribution in [2.45, 2.75) is 13.0 Å². The molecule has 1 aliphatic rings. The molecule has 78 valence electrons. The van der Waals surface area contributed by atoms with Crippen molar-refractivity contribution in [3.8, 4) is 0 Å².